The largest absolute Gasteiger partial charge is 0.373 e. The summed E-state index contributed by atoms with van der Waals surface area (Å²) in [6.45, 7) is 7.40. The topological polar surface area (TPSA) is 72.9 Å². The molecule has 5 nitrogen and oxygen atoms in total. The van der Waals surface area contributed by atoms with Crippen LogP contribution in [0.15, 0.2) is 11.0 Å². The molecule has 0 amide bonds. The Hall–Kier alpha value is -1.07. The Morgan fingerprint density at radius 3 is 2.76 bits per heavy atom. The number of nitrogens with two attached hydrogens (primary N) is 1. The first-order valence-electron chi connectivity index (χ1n) is 7.58. The van der Waals surface area contributed by atoms with E-state index < -0.39 is 0 Å². The van der Waals surface area contributed by atoms with Gasteiger partial charge in [0.15, 0.2) is 0 Å². The molecule has 1 saturated carbocycles. The van der Waals surface area contributed by atoms with Gasteiger partial charge in [0.25, 0.3) is 5.56 Å². The van der Waals surface area contributed by atoms with Crippen LogP contribution in [0.5, 0.6) is 0 Å². The number of halogens is 1. The van der Waals surface area contributed by atoms with Crippen LogP contribution in [0.4, 0.5) is 5.69 Å². The Bertz CT molecular complexity index is 553. The van der Waals surface area contributed by atoms with Crippen LogP contribution in [0.1, 0.15) is 40.0 Å². The van der Waals surface area contributed by atoms with Crippen molar-refractivity contribution in [3.63, 3.8) is 0 Å². The molecule has 118 valence electrons. The first kappa shape index (κ1) is 16.3. The maximum absolute atomic E-state index is 12.5. The van der Waals surface area contributed by atoms with Crippen molar-refractivity contribution in [2.45, 2.75) is 52.1 Å². The monoisotopic (exact) mass is 312 g/mol. The molecule has 0 saturated heterocycles. The minimum absolute atomic E-state index is 0.155. The van der Waals surface area contributed by atoms with Gasteiger partial charge in [-0.1, -0.05) is 25.4 Å². The van der Waals surface area contributed by atoms with Crippen LogP contribution in [0, 0.1) is 11.8 Å². The molecule has 1 unspecified atom stereocenters. The predicted octanol–water partition coefficient (Wildman–Crippen LogP) is 2.48. The summed E-state index contributed by atoms with van der Waals surface area (Å²) in [7, 11) is 0. The van der Waals surface area contributed by atoms with Gasteiger partial charge in [-0.05, 0) is 38.0 Å². The molecule has 0 bridgehead atoms. The molecule has 1 heterocycles. The lowest BCUT2D eigenvalue weighted by molar-refractivity contribution is 0.405. The van der Waals surface area contributed by atoms with Gasteiger partial charge in [-0.25, -0.2) is 4.68 Å². The van der Waals surface area contributed by atoms with E-state index in [1.54, 1.807) is 6.20 Å². The summed E-state index contributed by atoms with van der Waals surface area (Å²) in [6, 6.07) is 0. The Kier molecular flexibility index (Phi) is 4.94. The molecule has 1 atom stereocenters. The van der Waals surface area contributed by atoms with Crippen LogP contribution in [-0.2, 0) is 6.54 Å². The molecule has 1 fully saturated rings. The van der Waals surface area contributed by atoms with Gasteiger partial charge < -0.3 is 11.1 Å². The second kappa shape index (κ2) is 6.36. The Balaban J connectivity index is 2.26. The van der Waals surface area contributed by atoms with E-state index in [-0.39, 0.29) is 11.1 Å². The van der Waals surface area contributed by atoms with Crippen molar-refractivity contribution < 1.29 is 0 Å². The molecule has 1 aliphatic carbocycles. The van der Waals surface area contributed by atoms with Crippen molar-refractivity contribution in [1.29, 1.82) is 0 Å². The van der Waals surface area contributed by atoms with E-state index in [1.807, 2.05) is 6.92 Å². The van der Waals surface area contributed by atoms with Crippen LogP contribution >= 0.6 is 11.6 Å². The third kappa shape index (κ3) is 4.20. The SMILES string of the molecule is CC(C)CC(C)(CN)Nc1c(Cl)cnn(CC2CC2)c1=O. The first-order valence-corrected chi connectivity index (χ1v) is 7.96. The van der Waals surface area contributed by atoms with Crippen LogP contribution < -0.4 is 16.6 Å². The molecule has 0 spiro atoms. The molecule has 0 aliphatic heterocycles. The summed E-state index contributed by atoms with van der Waals surface area (Å²) in [4.78, 5) is 12.5. The molecule has 21 heavy (non-hydrogen) atoms. The number of anilines is 1. The van der Waals surface area contributed by atoms with Crippen molar-refractivity contribution in [3.8, 4) is 0 Å². The lowest BCUT2D eigenvalue weighted by Gasteiger charge is -2.32. The van der Waals surface area contributed by atoms with Crippen molar-refractivity contribution in [1.82, 2.24) is 9.78 Å². The standard InChI is InChI=1S/C15H25ClN4O/c1-10(2)6-15(3,9-17)19-13-12(16)7-18-20(14(13)21)8-11-4-5-11/h7,10-11,19H,4-6,8-9,17H2,1-3H3. The van der Waals surface area contributed by atoms with E-state index >= 15 is 0 Å². The van der Waals surface area contributed by atoms with Crippen LogP contribution in [-0.4, -0.2) is 21.9 Å². The molecule has 1 aromatic heterocycles. The molecule has 3 N–H and O–H groups in total. The van der Waals surface area contributed by atoms with Gasteiger partial charge in [0.1, 0.15) is 5.69 Å². The van der Waals surface area contributed by atoms with Gasteiger partial charge in [-0.3, -0.25) is 4.79 Å². The number of nitrogens with zero attached hydrogens (tertiary/aromatic N) is 2. The smallest absolute Gasteiger partial charge is 0.291 e. The van der Waals surface area contributed by atoms with Gasteiger partial charge in [-0.15, -0.1) is 0 Å². The molecule has 1 aliphatic rings. The van der Waals surface area contributed by atoms with E-state index in [9.17, 15) is 4.79 Å². The maximum atomic E-state index is 12.5. The number of aromatic nitrogens is 2. The molecule has 0 radical (unpaired) electrons. The summed E-state index contributed by atoms with van der Waals surface area (Å²) in [6.07, 6.45) is 4.75. The quantitative estimate of drug-likeness (QED) is 0.811. The van der Waals surface area contributed by atoms with Crippen LogP contribution in [0.2, 0.25) is 5.02 Å². The zero-order valence-corrected chi connectivity index (χ0v) is 13.8. The number of nitrogens with one attached hydrogen (secondary N) is 1. The molecule has 6 heteroatoms. The van der Waals surface area contributed by atoms with Gasteiger partial charge in [0.2, 0.25) is 0 Å². The summed E-state index contributed by atoms with van der Waals surface area (Å²) in [5.41, 5.74) is 5.81. The third-order valence-electron chi connectivity index (χ3n) is 3.86. The van der Waals surface area contributed by atoms with E-state index in [0.29, 0.717) is 35.6 Å². The molecule has 0 aromatic carbocycles. The lowest BCUT2D eigenvalue weighted by Crippen LogP contribution is -2.45. The molecule has 1 aromatic rings. The average molecular weight is 313 g/mol. The van der Waals surface area contributed by atoms with Gasteiger partial charge in [-0.2, -0.15) is 5.10 Å². The second-order valence-electron chi connectivity index (χ2n) is 6.79. The number of hydrogen-bond donors (Lipinski definition) is 2. The highest BCUT2D eigenvalue weighted by molar-refractivity contribution is 6.33. The Morgan fingerprint density at radius 2 is 2.24 bits per heavy atom. The normalized spacial score (nSPS) is 17.8. The minimum atomic E-state index is -0.351. The van der Waals surface area contributed by atoms with Crippen molar-refractivity contribution in [2.75, 3.05) is 11.9 Å². The first-order chi connectivity index (χ1) is 9.84. The summed E-state index contributed by atoms with van der Waals surface area (Å²) in [5.74, 6) is 1.06. The fourth-order valence-corrected chi connectivity index (χ4v) is 2.82. The van der Waals surface area contributed by atoms with E-state index in [0.717, 1.165) is 6.42 Å². The third-order valence-corrected chi connectivity index (χ3v) is 4.15. The molecular formula is C15H25ClN4O. The fraction of sp³-hybridized carbons (Fsp3) is 0.733. The van der Waals surface area contributed by atoms with Crippen LogP contribution in [0.3, 0.4) is 0 Å². The predicted molar refractivity (Wildman–Crippen MR) is 86.8 cm³/mol. The second-order valence-corrected chi connectivity index (χ2v) is 7.19. The number of rotatable bonds is 7. The summed E-state index contributed by atoms with van der Waals surface area (Å²) in [5, 5.41) is 7.77. The Labute approximate surface area is 130 Å². The average Bonchev–Trinajstić information content (AvgIpc) is 3.21. The number of hydrogen-bond acceptors (Lipinski definition) is 4. The highest BCUT2D eigenvalue weighted by atomic mass is 35.5. The Morgan fingerprint density at radius 1 is 1.57 bits per heavy atom. The molecule has 2 rings (SSSR count). The van der Waals surface area contributed by atoms with Gasteiger partial charge in [0, 0.05) is 18.6 Å². The van der Waals surface area contributed by atoms with E-state index in [2.05, 4.69) is 24.3 Å². The van der Waals surface area contributed by atoms with Gasteiger partial charge >= 0.3 is 0 Å². The zero-order valence-electron chi connectivity index (χ0n) is 13.0. The minimum Gasteiger partial charge on any atom is -0.373 e. The van der Waals surface area contributed by atoms with Crippen molar-refractivity contribution in [3.05, 3.63) is 21.6 Å². The van der Waals surface area contributed by atoms with Crippen LogP contribution in [0.25, 0.3) is 0 Å². The lowest BCUT2D eigenvalue weighted by atomic mass is 9.90. The van der Waals surface area contributed by atoms with Gasteiger partial charge in [0.05, 0.1) is 11.2 Å². The highest BCUT2D eigenvalue weighted by Crippen LogP contribution is 2.30. The van der Waals surface area contributed by atoms with Crippen molar-refractivity contribution >= 4 is 17.3 Å². The van der Waals surface area contributed by atoms with E-state index in [4.69, 9.17) is 17.3 Å². The molecular weight excluding hydrogens is 288 g/mol. The maximum Gasteiger partial charge on any atom is 0.291 e. The zero-order chi connectivity index (χ0) is 15.6. The highest BCUT2D eigenvalue weighted by Gasteiger charge is 2.28. The summed E-state index contributed by atoms with van der Waals surface area (Å²) >= 11 is 6.17. The fourth-order valence-electron chi connectivity index (χ4n) is 2.65. The van der Waals surface area contributed by atoms with E-state index in [1.165, 1.54) is 17.5 Å². The summed E-state index contributed by atoms with van der Waals surface area (Å²) < 4.78 is 1.51. The van der Waals surface area contributed by atoms with Crippen molar-refractivity contribution in [2.24, 2.45) is 17.6 Å².